The van der Waals surface area contributed by atoms with Crippen LogP contribution in [0.5, 0.6) is 0 Å². The maximum absolute atomic E-state index is 13.1. The molecule has 0 heterocycles. The van der Waals surface area contributed by atoms with E-state index in [1.807, 2.05) is 0 Å². The molecular weight excluding hydrogens is 1330 g/mol. The fourth-order valence-corrected chi connectivity index (χ4v) is 14.5. The lowest BCUT2D eigenvalue weighted by Gasteiger charge is -2.21. The predicted octanol–water partition coefficient (Wildman–Crippen LogP) is 25.2. The summed E-state index contributed by atoms with van der Waals surface area (Å²) in [7, 11) is -9.92. The molecule has 5 atom stereocenters. The van der Waals surface area contributed by atoms with Gasteiger partial charge < -0.3 is 33.8 Å². The summed E-state index contributed by atoms with van der Waals surface area (Å²) < 4.78 is 68.7. The molecule has 0 aliphatic rings. The van der Waals surface area contributed by atoms with Crippen LogP contribution in [0.1, 0.15) is 446 Å². The van der Waals surface area contributed by atoms with Crippen LogP contribution in [0.15, 0.2) is 0 Å². The zero-order chi connectivity index (χ0) is 74.8. The first-order valence-electron chi connectivity index (χ1n) is 43.1. The Morgan fingerprint density at radius 2 is 0.451 bits per heavy atom. The first-order valence-corrected chi connectivity index (χ1v) is 46.1. The molecule has 0 radical (unpaired) electrons. The number of phosphoric acid groups is 2. The second-order valence-electron chi connectivity index (χ2n) is 30.3. The summed E-state index contributed by atoms with van der Waals surface area (Å²) >= 11 is 0. The van der Waals surface area contributed by atoms with E-state index in [1.165, 1.54) is 270 Å². The second-order valence-corrected chi connectivity index (χ2v) is 33.3. The van der Waals surface area contributed by atoms with Crippen molar-refractivity contribution >= 4 is 39.5 Å². The van der Waals surface area contributed by atoms with E-state index in [1.54, 1.807) is 0 Å². The Kier molecular flexibility index (Phi) is 74.4. The molecule has 0 aromatic rings. The average molecular weight is 1490 g/mol. The van der Waals surface area contributed by atoms with Gasteiger partial charge in [-0.3, -0.25) is 37.3 Å². The molecule has 0 aliphatic heterocycles. The van der Waals surface area contributed by atoms with Crippen molar-refractivity contribution in [1.29, 1.82) is 0 Å². The number of aliphatic hydroxyl groups excluding tert-OH is 1. The molecule has 2 unspecified atom stereocenters. The quantitative estimate of drug-likeness (QED) is 0.0222. The van der Waals surface area contributed by atoms with Crippen molar-refractivity contribution in [2.75, 3.05) is 39.6 Å². The minimum atomic E-state index is -4.96. The average Bonchev–Trinajstić information content (AvgIpc) is 1.17. The van der Waals surface area contributed by atoms with Gasteiger partial charge in [0.1, 0.15) is 19.3 Å². The monoisotopic (exact) mass is 1490 g/mol. The molecule has 0 saturated heterocycles. The van der Waals surface area contributed by atoms with Gasteiger partial charge in [0.2, 0.25) is 0 Å². The third kappa shape index (κ3) is 76.3. The molecule has 0 saturated carbocycles. The van der Waals surface area contributed by atoms with Gasteiger partial charge in [0.05, 0.1) is 26.4 Å². The first-order chi connectivity index (χ1) is 49.5. The summed E-state index contributed by atoms with van der Waals surface area (Å²) in [6, 6.07) is 0. The normalized spacial score (nSPS) is 13.8. The standard InChI is InChI=1S/C83H162O17P2/c1-6-9-12-15-18-21-23-25-27-29-31-32-33-35-37-39-41-43-48-53-58-63-68-82(87)99-79(73-94-81(86)67-62-57-52-47-42-40-38-36-34-30-28-26-24-22-19-16-13-10-7-2)75-98-102(91,92)96-71-77(84)70-95-101(89,90)97-74-78(72-93-80(85)66-61-56-51-45-20-17-14-11-8-3)100-83(88)69-64-59-54-49-44-46-50-55-60-65-76(4)5/h76-79,84H,6-75H2,1-5H3,(H,89,90)(H,91,92)/t77-,78+,79+/m0/s1. The van der Waals surface area contributed by atoms with Crippen LogP contribution in [0.3, 0.4) is 0 Å². The van der Waals surface area contributed by atoms with Crippen LogP contribution < -0.4 is 0 Å². The van der Waals surface area contributed by atoms with E-state index in [4.69, 9.17) is 37.0 Å². The van der Waals surface area contributed by atoms with Gasteiger partial charge in [-0.15, -0.1) is 0 Å². The number of phosphoric ester groups is 2. The summed E-state index contributed by atoms with van der Waals surface area (Å²) in [5, 5.41) is 10.6. The maximum atomic E-state index is 13.1. The van der Waals surface area contributed by atoms with Crippen molar-refractivity contribution in [1.82, 2.24) is 0 Å². The van der Waals surface area contributed by atoms with Crippen LogP contribution in [-0.4, -0.2) is 96.7 Å². The van der Waals surface area contributed by atoms with Crippen LogP contribution in [0.2, 0.25) is 0 Å². The Morgan fingerprint density at radius 3 is 0.667 bits per heavy atom. The number of rotatable bonds is 83. The molecule has 0 fully saturated rings. The number of ether oxygens (including phenoxy) is 4. The Balaban J connectivity index is 5.18. The van der Waals surface area contributed by atoms with Crippen LogP contribution in [0.4, 0.5) is 0 Å². The Morgan fingerprint density at radius 1 is 0.265 bits per heavy atom. The number of hydrogen-bond donors (Lipinski definition) is 3. The molecule has 19 heteroatoms. The number of hydrogen-bond acceptors (Lipinski definition) is 15. The van der Waals surface area contributed by atoms with E-state index in [0.29, 0.717) is 25.7 Å². The molecular formula is C83H162O17P2. The lowest BCUT2D eigenvalue weighted by molar-refractivity contribution is -0.161. The third-order valence-electron chi connectivity index (χ3n) is 19.5. The Bertz CT molecular complexity index is 1940. The van der Waals surface area contributed by atoms with E-state index in [0.717, 1.165) is 95.8 Å². The molecule has 17 nitrogen and oxygen atoms in total. The number of aliphatic hydroxyl groups is 1. The van der Waals surface area contributed by atoms with E-state index < -0.39 is 97.5 Å². The smallest absolute Gasteiger partial charge is 0.462 e. The largest absolute Gasteiger partial charge is 0.472 e. The summed E-state index contributed by atoms with van der Waals surface area (Å²) in [5.74, 6) is -1.37. The van der Waals surface area contributed by atoms with Gasteiger partial charge in [-0.1, -0.05) is 394 Å². The highest BCUT2D eigenvalue weighted by atomic mass is 31.2. The molecule has 0 spiro atoms. The SMILES string of the molecule is CCCCCCCCCCCCCCCCCCCCCCCCC(=O)O[C@H](COC(=O)CCCCCCCCCCCCCCCCCCCCC)COP(=O)(O)OC[C@@H](O)COP(=O)(O)OC[C@@H](COC(=O)CCCCCCCCCCC)OC(=O)CCCCCCCCCCCC(C)C. The highest BCUT2D eigenvalue weighted by molar-refractivity contribution is 7.47. The molecule has 0 aliphatic carbocycles. The van der Waals surface area contributed by atoms with Crippen LogP contribution in [0, 0.1) is 5.92 Å². The highest BCUT2D eigenvalue weighted by Crippen LogP contribution is 2.45. The number of esters is 4. The van der Waals surface area contributed by atoms with Crippen LogP contribution in [0.25, 0.3) is 0 Å². The number of unbranched alkanes of at least 4 members (excludes halogenated alkanes) is 55. The van der Waals surface area contributed by atoms with Gasteiger partial charge in [0.15, 0.2) is 12.2 Å². The lowest BCUT2D eigenvalue weighted by Crippen LogP contribution is -2.30. The minimum absolute atomic E-state index is 0.106. The van der Waals surface area contributed by atoms with Gasteiger partial charge in [-0.25, -0.2) is 9.13 Å². The predicted molar refractivity (Wildman–Crippen MR) is 418 cm³/mol. The number of carbonyl (C=O) groups is 4. The zero-order valence-corrected chi connectivity index (χ0v) is 68.5. The summed E-state index contributed by atoms with van der Waals surface area (Å²) in [4.78, 5) is 73.0. The van der Waals surface area contributed by atoms with Gasteiger partial charge >= 0.3 is 39.5 Å². The summed E-state index contributed by atoms with van der Waals surface area (Å²) in [6.45, 7) is 7.29. The zero-order valence-electron chi connectivity index (χ0n) is 66.8. The van der Waals surface area contributed by atoms with Crippen molar-refractivity contribution < 1.29 is 80.2 Å². The van der Waals surface area contributed by atoms with E-state index in [2.05, 4.69) is 34.6 Å². The van der Waals surface area contributed by atoms with Crippen molar-refractivity contribution in [3.63, 3.8) is 0 Å². The van der Waals surface area contributed by atoms with Crippen LogP contribution >= 0.6 is 15.6 Å². The van der Waals surface area contributed by atoms with Gasteiger partial charge in [-0.2, -0.15) is 0 Å². The van der Waals surface area contributed by atoms with E-state index in [-0.39, 0.29) is 25.7 Å². The fourth-order valence-electron chi connectivity index (χ4n) is 12.9. The second kappa shape index (κ2) is 75.9. The van der Waals surface area contributed by atoms with Gasteiger partial charge in [0, 0.05) is 25.7 Å². The van der Waals surface area contributed by atoms with Crippen LogP contribution in [-0.2, 0) is 65.4 Å². The minimum Gasteiger partial charge on any atom is -0.462 e. The van der Waals surface area contributed by atoms with Crippen molar-refractivity contribution in [3.8, 4) is 0 Å². The lowest BCUT2D eigenvalue weighted by atomic mass is 10.0. The van der Waals surface area contributed by atoms with Crippen molar-refractivity contribution in [2.45, 2.75) is 464 Å². The van der Waals surface area contributed by atoms with E-state index >= 15 is 0 Å². The van der Waals surface area contributed by atoms with Crippen molar-refractivity contribution in [3.05, 3.63) is 0 Å². The van der Waals surface area contributed by atoms with E-state index in [9.17, 15) is 43.2 Å². The molecule has 0 aromatic heterocycles. The molecule has 606 valence electrons. The van der Waals surface area contributed by atoms with Gasteiger partial charge in [-0.05, 0) is 31.6 Å². The molecule has 0 aromatic carbocycles. The molecule has 0 bridgehead atoms. The highest BCUT2D eigenvalue weighted by Gasteiger charge is 2.30. The first kappa shape index (κ1) is 100. The fraction of sp³-hybridized carbons (Fsp3) is 0.952. The Hall–Kier alpha value is -1.94. The topological polar surface area (TPSA) is 237 Å². The van der Waals surface area contributed by atoms with Crippen molar-refractivity contribution in [2.24, 2.45) is 5.92 Å². The molecule has 0 rings (SSSR count). The Labute approximate surface area is 626 Å². The molecule has 0 amide bonds. The third-order valence-corrected chi connectivity index (χ3v) is 21.4. The summed E-state index contributed by atoms with van der Waals surface area (Å²) in [5.41, 5.74) is 0. The molecule has 102 heavy (non-hydrogen) atoms. The summed E-state index contributed by atoms with van der Waals surface area (Å²) in [6.07, 6.45) is 68.3. The van der Waals surface area contributed by atoms with Gasteiger partial charge in [0.25, 0.3) is 0 Å². The molecule has 3 N–H and O–H groups in total. The number of carbonyl (C=O) groups excluding carboxylic acids is 4. The maximum Gasteiger partial charge on any atom is 0.472 e.